The van der Waals surface area contributed by atoms with Gasteiger partial charge in [0.05, 0.1) is 23.1 Å². The molecule has 1 atom stereocenters. The highest BCUT2D eigenvalue weighted by Gasteiger charge is 2.26. The van der Waals surface area contributed by atoms with Gasteiger partial charge in [0, 0.05) is 13.1 Å². The van der Waals surface area contributed by atoms with E-state index in [4.69, 9.17) is 10.5 Å². The Hall–Kier alpha value is -2.11. The van der Waals surface area contributed by atoms with Crippen LogP contribution in [-0.4, -0.2) is 41.0 Å². The third-order valence-corrected chi connectivity index (χ3v) is 3.38. The van der Waals surface area contributed by atoms with E-state index in [1.54, 1.807) is 18.7 Å². The number of ether oxygens (including phenoxy) is 1. The highest BCUT2D eigenvalue weighted by Crippen LogP contribution is 2.14. The van der Waals surface area contributed by atoms with Crippen molar-refractivity contribution in [3.63, 3.8) is 0 Å². The number of hydrogen-bond acceptors (Lipinski definition) is 5. The molecular formula is C14H19N3O3. The average molecular weight is 277 g/mol. The number of esters is 1. The summed E-state index contributed by atoms with van der Waals surface area (Å²) in [5.74, 6) is -0.715. The lowest BCUT2D eigenvalue weighted by Gasteiger charge is -2.20. The van der Waals surface area contributed by atoms with Crippen LogP contribution in [0.1, 0.15) is 35.8 Å². The van der Waals surface area contributed by atoms with Crippen molar-refractivity contribution >= 4 is 17.6 Å². The molecular weight excluding hydrogens is 258 g/mol. The SMILES string of the molecule is Cc1ncc(N)cc1C(=O)OC(C)C(=O)N1CCCC1. The molecule has 1 aliphatic heterocycles. The molecule has 1 saturated heterocycles. The second kappa shape index (κ2) is 5.90. The topological polar surface area (TPSA) is 85.5 Å². The van der Waals surface area contributed by atoms with Crippen LogP contribution in [0.4, 0.5) is 5.69 Å². The molecule has 1 fully saturated rings. The molecule has 0 saturated carbocycles. The molecule has 2 N–H and O–H groups in total. The van der Waals surface area contributed by atoms with Crippen molar-refractivity contribution < 1.29 is 14.3 Å². The Balaban J connectivity index is 2.03. The molecule has 1 unspecified atom stereocenters. The lowest BCUT2D eigenvalue weighted by atomic mass is 10.2. The number of hydrogen-bond donors (Lipinski definition) is 1. The van der Waals surface area contributed by atoms with Gasteiger partial charge in [0.15, 0.2) is 6.10 Å². The van der Waals surface area contributed by atoms with Crippen LogP contribution in [0.5, 0.6) is 0 Å². The Morgan fingerprint density at radius 2 is 2.05 bits per heavy atom. The number of aryl methyl sites for hydroxylation is 1. The number of aromatic nitrogens is 1. The first-order valence-corrected chi connectivity index (χ1v) is 6.71. The molecule has 2 rings (SSSR count). The number of nitrogens with two attached hydrogens (primary N) is 1. The number of nitrogens with zero attached hydrogens (tertiary/aromatic N) is 2. The molecule has 1 aliphatic rings. The van der Waals surface area contributed by atoms with Gasteiger partial charge in [0.1, 0.15) is 0 Å². The van der Waals surface area contributed by atoms with E-state index >= 15 is 0 Å². The number of anilines is 1. The Kier molecular flexibility index (Phi) is 4.22. The van der Waals surface area contributed by atoms with Crippen LogP contribution in [0.3, 0.4) is 0 Å². The lowest BCUT2D eigenvalue weighted by molar-refractivity contribution is -0.138. The van der Waals surface area contributed by atoms with E-state index in [2.05, 4.69) is 4.98 Å². The fraction of sp³-hybridized carbons (Fsp3) is 0.500. The third-order valence-electron chi connectivity index (χ3n) is 3.38. The van der Waals surface area contributed by atoms with Gasteiger partial charge in [-0.15, -0.1) is 0 Å². The molecule has 0 bridgehead atoms. The fourth-order valence-electron chi connectivity index (χ4n) is 2.22. The van der Waals surface area contributed by atoms with Crippen molar-refractivity contribution in [3.05, 3.63) is 23.5 Å². The van der Waals surface area contributed by atoms with Gasteiger partial charge < -0.3 is 15.4 Å². The normalized spacial score (nSPS) is 16.0. The van der Waals surface area contributed by atoms with Crippen molar-refractivity contribution in [3.8, 4) is 0 Å². The summed E-state index contributed by atoms with van der Waals surface area (Å²) in [7, 11) is 0. The van der Waals surface area contributed by atoms with Crippen molar-refractivity contribution in [2.75, 3.05) is 18.8 Å². The number of rotatable bonds is 3. The monoisotopic (exact) mass is 277 g/mol. The quantitative estimate of drug-likeness (QED) is 0.837. The minimum Gasteiger partial charge on any atom is -0.449 e. The van der Waals surface area contributed by atoms with E-state index < -0.39 is 12.1 Å². The maximum absolute atomic E-state index is 12.1. The highest BCUT2D eigenvalue weighted by atomic mass is 16.5. The van der Waals surface area contributed by atoms with Gasteiger partial charge in [-0.1, -0.05) is 0 Å². The summed E-state index contributed by atoms with van der Waals surface area (Å²) < 4.78 is 5.22. The fourth-order valence-corrected chi connectivity index (χ4v) is 2.22. The Labute approximate surface area is 117 Å². The van der Waals surface area contributed by atoms with Gasteiger partial charge in [0.25, 0.3) is 5.91 Å². The minimum atomic E-state index is -0.790. The van der Waals surface area contributed by atoms with Crippen LogP contribution >= 0.6 is 0 Å². The van der Waals surface area contributed by atoms with Crippen molar-refractivity contribution in [2.45, 2.75) is 32.8 Å². The van der Waals surface area contributed by atoms with Crippen molar-refractivity contribution in [1.29, 1.82) is 0 Å². The predicted molar refractivity (Wildman–Crippen MR) is 74.1 cm³/mol. The number of likely N-dealkylation sites (tertiary alicyclic amines) is 1. The maximum atomic E-state index is 12.1. The van der Waals surface area contributed by atoms with Crippen LogP contribution in [-0.2, 0) is 9.53 Å². The van der Waals surface area contributed by atoms with E-state index in [-0.39, 0.29) is 5.91 Å². The largest absolute Gasteiger partial charge is 0.449 e. The average Bonchev–Trinajstić information content (AvgIpc) is 2.94. The summed E-state index contributed by atoms with van der Waals surface area (Å²) in [5, 5.41) is 0. The van der Waals surface area contributed by atoms with Crippen LogP contribution in [0.25, 0.3) is 0 Å². The molecule has 6 nitrogen and oxygen atoms in total. The van der Waals surface area contributed by atoms with E-state index in [1.165, 1.54) is 12.3 Å². The zero-order valence-corrected chi connectivity index (χ0v) is 11.8. The standard InChI is InChI=1S/C14H19N3O3/c1-9-12(7-11(15)8-16-9)14(19)20-10(2)13(18)17-5-3-4-6-17/h7-8,10H,3-6,15H2,1-2H3. The summed E-state index contributed by atoms with van der Waals surface area (Å²) >= 11 is 0. The van der Waals surface area contributed by atoms with Gasteiger partial charge >= 0.3 is 5.97 Å². The van der Waals surface area contributed by atoms with E-state index in [0.717, 1.165) is 25.9 Å². The van der Waals surface area contributed by atoms with Gasteiger partial charge in [-0.2, -0.15) is 0 Å². The Bertz CT molecular complexity index is 524. The first-order valence-electron chi connectivity index (χ1n) is 6.71. The summed E-state index contributed by atoms with van der Waals surface area (Å²) in [6.45, 7) is 4.76. The molecule has 108 valence electrons. The zero-order chi connectivity index (χ0) is 14.7. The molecule has 1 amide bonds. The van der Waals surface area contributed by atoms with Gasteiger partial charge in [-0.05, 0) is 32.8 Å². The second-order valence-corrected chi connectivity index (χ2v) is 4.98. The first-order chi connectivity index (χ1) is 9.49. The Morgan fingerprint density at radius 1 is 1.40 bits per heavy atom. The summed E-state index contributed by atoms with van der Waals surface area (Å²) in [4.78, 5) is 29.9. The van der Waals surface area contributed by atoms with Crippen LogP contribution in [0.15, 0.2) is 12.3 Å². The molecule has 20 heavy (non-hydrogen) atoms. The highest BCUT2D eigenvalue weighted by molar-refractivity contribution is 5.93. The summed E-state index contributed by atoms with van der Waals surface area (Å²) in [5.41, 5.74) is 6.83. The van der Waals surface area contributed by atoms with E-state index in [0.29, 0.717) is 16.9 Å². The smallest absolute Gasteiger partial charge is 0.340 e. The zero-order valence-electron chi connectivity index (χ0n) is 11.8. The maximum Gasteiger partial charge on any atom is 0.340 e. The van der Waals surface area contributed by atoms with Gasteiger partial charge in [-0.25, -0.2) is 4.79 Å². The lowest BCUT2D eigenvalue weighted by Crippen LogP contribution is -2.38. The molecule has 1 aromatic heterocycles. The second-order valence-electron chi connectivity index (χ2n) is 4.98. The number of nitrogen functional groups attached to an aromatic ring is 1. The molecule has 6 heteroatoms. The van der Waals surface area contributed by atoms with Crippen LogP contribution in [0.2, 0.25) is 0 Å². The summed E-state index contributed by atoms with van der Waals surface area (Å²) in [6, 6.07) is 1.51. The third kappa shape index (κ3) is 3.07. The minimum absolute atomic E-state index is 0.148. The van der Waals surface area contributed by atoms with E-state index in [9.17, 15) is 9.59 Å². The molecule has 2 heterocycles. The first kappa shape index (κ1) is 14.3. The number of amides is 1. The molecule has 0 spiro atoms. The number of carbonyl (C=O) groups excluding carboxylic acids is 2. The van der Waals surface area contributed by atoms with Crippen molar-refractivity contribution in [1.82, 2.24) is 9.88 Å². The number of pyridine rings is 1. The molecule has 0 aliphatic carbocycles. The molecule has 0 radical (unpaired) electrons. The van der Waals surface area contributed by atoms with Gasteiger partial charge in [0.2, 0.25) is 0 Å². The van der Waals surface area contributed by atoms with Crippen molar-refractivity contribution in [2.24, 2.45) is 0 Å². The Morgan fingerprint density at radius 3 is 2.70 bits per heavy atom. The number of carbonyl (C=O) groups is 2. The molecule has 1 aromatic rings. The molecule has 0 aromatic carbocycles. The van der Waals surface area contributed by atoms with Crippen LogP contribution in [0, 0.1) is 6.92 Å². The van der Waals surface area contributed by atoms with Gasteiger partial charge in [-0.3, -0.25) is 9.78 Å². The van der Waals surface area contributed by atoms with Crippen LogP contribution < -0.4 is 5.73 Å². The summed E-state index contributed by atoms with van der Waals surface area (Å²) in [6.07, 6.45) is 2.70. The van der Waals surface area contributed by atoms with E-state index in [1.807, 2.05) is 0 Å². The predicted octanol–water partition coefficient (Wildman–Crippen LogP) is 1.14.